The van der Waals surface area contributed by atoms with Gasteiger partial charge in [-0.1, -0.05) is 48.6 Å². The van der Waals surface area contributed by atoms with Crippen molar-refractivity contribution in [1.29, 1.82) is 0 Å². The molecular weight excluding hydrogens is 212 g/mol. The van der Waals surface area contributed by atoms with Crippen molar-refractivity contribution in [3.63, 3.8) is 0 Å². The zero-order valence-corrected chi connectivity index (χ0v) is 9.72. The number of carbonyl (C=O) groups excluding carboxylic acids is 1. The molecule has 0 aliphatic carbocycles. The standard InChI is InChI=1S/C15H14O2/c1-17-15(16)8-4-5-12-9-10-13-6-2-3-7-14(13)11-12/h2-7,9-11H,8H2,1H3. The van der Waals surface area contributed by atoms with Crippen LogP contribution in [0.1, 0.15) is 12.0 Å². The summed E-state index contributed by atoms with van der Waals surface area (Å²) in [5, 5.41) is 2.42. The largest absolute Gasteiger partial charge is 0.469 e. The molecule has 2 aromatic carbocycles. The second-order valence-corrected chi connectivity index (χ2v) is 3.79. The molecule has 86 valence electrons. The summed E-state index contributed by atoms with van der Waals surface area (Å²) in [6.45, 7) is 0. The van der Waals surface area contributed by atoms with Crippen LogP contribution in [0, 0.1) is 0 Å². The maximum atomic E-state index is 10.9. The van der Waals surface area contributed by atoms with Crippen LogP contribution in [-0.4, -0.2) is 13.1 Å². The molecule has 17 heavy (non-hydrogen) atoms. The van der Waals surface area contributed by atoms with Gasteiger partial charge < -0.3 is 4.74 Å². The van der Waals surface area contributed by atoms with E-state index in [0.29, 0.717) is 6.42 Å². The second-order valence-electron chi connectivity index (χ2n) is 3.79. The van der Waals surface area contributed by atoms with Gasteiger partial charge in [-0.25, -0.2) is 0 Å². The van der Waals surface area contributed by atoms with E-state index in [4.69, 9.17) is 0 Å². The topological polar surface area (TPSA) is 26.3 Å². The van der Waals surface area contributed by atoms with Gasteiger partial charge in [0.05, 0.1) is 13.5 Å². The van der Waals surface area contributed by atoms with Crippen LogP contribution in [-0.2, 0) is 9.53 Å². The fraction of sp³-hybridized carbons (Fsp3) is 0.133. The van der Waals surface area contributed by atoms with Crippen molar-refractivity contribution in [2.75, 3.05) is 7.11 Å². The summed E-state index contributed by atoms with van der Waals surface area (Å²) in [6, 6.07) is 14.4. The van der Waals surface area contributed by atoms with Gasteiger partial charge in [-0.3, -0.25) is 4.79 Å². The summed E-state index contributed by atoms with van der Waals surface area (Å²) in [4.78, 5) is 10.9. The molecule has 0 aliphatic rings. The van der Waals surface area contributed by atoms with Gasteiger partial charge in [0.25, 0.3) is 0 Å². The van der Waals surface area contributed by atoms with Crippen LogP contribution in [0.3, 0.4) is 0 Å². The van der Waals surface area contributed by atoms with Crippen molar-refractivity contribution in [2.45, 2.75) is 6.42 Å². The van der Waals surface area contributed by atoms with Crippen LogP contribution < -0.4 is 0 Å². The average Bonchev–Trinajstić information content (AvgIpc) is 2.38. The minimum Gasteiger partial charge on any atom is -0.469 e. The van der Waals surface area contributed by atoms with Crippen LogP contribution >= 0.6 is 0 Å². The number of ether oxygens (including phenoxy) is 1. The maximum absolute atomic E-state index is 10.9. The SMILES string of the molecule is COC(=O)CC=Cc1ccc2ccccc2c1. The number of fused-ring (bicyclic) bond motifs is 1. The number of methoxy groups -OCH3 is 1. The Hall–Kier alpha value is -2.09. The van der Waals surface area contributed by atoms with Crippen LogP contribution in [0.25, 0.3) is 16.8 Å². The third kappa shape index (κ3) is 2.94. The van der Waals surface area contributed by atoms with Crippen molar-refractivity contribution in [3.8, 4) is 0 Å². The molecule has 0 fully saturated rings. The van der Waals surface area contributed by atoms with Gasteiger partial charge in [0, 0.05) is 0 Å². The summed E-state index contributed by atoms with van der Waals surface area (Å²) in [5.41, 5.74) is 1.09. The fourth-order valence-electron chi connectivity index (χ4n) is 1.69. The van der Waals surface area contributed by atoms with Crippen LogP contribution in [0.5, 0.6) is 0 Å². The smallest absolute Gasteiger partial charge is 0.309 e. The molecule has 0 spiro atoms. The Morgan fingerprint density at radius 1 is 1.18 bits per heavy atom. The fourth-order valence-corrected chi connectivity index (χ4v) is 1.69. The molecule has 0 amide bonds. The quantitative estimate of drug-likeness (QED) is 0.749. The Morgan fingerprint density at radius 3 is 2.71 bits per heavy atom. The van der Waals surface area contributed by atoms with Crippen LogP contribution in [0.4, 0.5) is 0 Å². The van der Waals surface area contributed by atoms with E-state index in [1.54, 1.807) is 0 Å². The van der Waals surface area contributed by atoms with Crippen LogP contribution in [0.2, 0.25) is 0 Å². The summed E-state index contributed by atoms with van der Waals surface area (Å²) in [5.74, 6) is -0.220. The molecule has 0 saturated heterocycles. The third-order valence-corrected chi connectivity index (χ3v) is 2.60. The molecule has 0 atom stereocenters. The van der Waals surface area contributed by atoms with Gasteiger partial charge >= 0.3 is 5.97 Å². The lowest BCUT2D eigenvalue weighted by molar-refractivity contribution is -0.139. The summed E-state index contributed by atoms with van der Waals surface area (Å²) in [6.07, 6.45) is 4.06. The minimum atomic E-state index is -0.220. The Morgan fingerprint density at radius 2 is 1.94 bits per heavy atom. The lowest BCUT2D eigenvalue weighted by Crippen LogP contribution is -1.96. The number of carbonyl (C=O) groups is 1. The lowest BCUT2D eigenvalue weighted by Gasteiger charge is -1.99. The van der Waals surface area contributed by atoms with Crippen LogP contribution in [0.15, 0.2) is 48.5 Å². The zero-order chi connectivity index (χ0) is 12.1. The molecule has 2 aromatic rings. The van der Waals surface area contributed by atoms with E-state index in [1.165, 1.54) is 17.9 Å². The Bertz CT molecular complexity index is 556. The Labute approximate surface area is 101 Å². The van der Waals surface area contributed by atoms with Crippen molar-refractivity contribution in [1.82, 2.24) is 0 Å². The van der Waals surface area contributed by atoms with E-state index >= 15 is 0 Å². The molecule has 0 bridgehead atoms. The van der Waals surface area contributed by atoms with E-state index in [2.05, 4.69) is 29.0 Å². The van der Waals surface area contributed by atoms with Gasteiger partial charge in [0.1, 0.15) is 0 Å². The Kier molecular flexibility index (Phi) is 3.55. The summed E-state index contributed by atoms with van der Waals surface area (Å²) in [7, 11) is 1.40. The highest BCUT2D eigenvalue weighted by atomic mass is 16.5. The molecule has 2 nitrogen and oxygen atoms in total. The number of esters is 1. The van der Waals surface area contributed by atoms with Gasteiger partial charge in [0.15, 0.2) is 0 Å². The highest BCUT2D eigenvalue weighted by Crippen LogP contribution is 2.16. The lowest BCUT2D eigenvalue weighted by atomic mass is 10.1. The first-order valence-electron chi connectivity index (χ1n) is 5.52. The van der Waals surface area contributed by atoms with E-state index in [9.17, 15) is 4.79 Å². The molecule has 0 aromatic heterocycles. The molecule has 0 unspecified atom stereocenters. The van der Waals surface area contributed by atoms with Crippen molar-refractivity contribution in [3.05, 3.63) is 54.1 Å². The van der Waals surface area contributed by atoms with E-state index in [0.717, 1.165) is 5.56 Å². The first-order valence-corrected chi connectivity index (χ1v) is 5.52. The molecule has 0 aliphatic heterocycles. The Balaban J connectivity index is 2.16. The third-order valence-electron chi connectivity index (χ3n) is 2.60. The monoisotopic (exact) mass is 226 g/mol. The van der Waals surface area contributed by atoms with Gasteiger partial charge in [-0.15, -0.1) is 0 Å². The first kappa shape index (κ1) is 11.4. The van der Waals surface area contributed by atoms with Crippen molar-refractivity contribution < 1.29 is 9.53 Å². The van der Waals surface area contributed by atoms with E-state index in [1.807, 2.05) is 30.4 Å². The molecule has 0 saturated carbocycles. The average molecular weight is 226 g/mol. The molecule has 2 heteroatoms. The minimum absolute atomic E-state index is 0.220. The van der Waals surface area contributed by atoms with Gasteiger partial charge in [0.2, 0.25) is 0 Å². The number of rotatable bonds is 3. The predicted molar refractivity (Wildman–Crippen MR) is 69.6 cm³/mol. The first-order chi connectivity index (χ1) is 8.29. The molecule has 0 radical (unpaired) electrons. The number of benzene rings is 2. The van der Waals surface area contributed by atoms with E-state index in [-0.39, 0.29) is 5.97 Å². The molecule has 2 rings (SSSR count). The summed E-state index contributed by atoms with van der Waals surface area (Å²) < 4.78 is 4.57. The van der Waals surface area contributed by atoms with Crippen molar-refractivity contribution in [2.24, 2.45) is 0 Å². The molecule has 0 heterocycles. The predicted octanol–water partition coefficient (Wildman–Crippen LogP) is 3.42. The highest BCUT2D eigenvalue weighted by molar-refractivity contribution is 5.84. The number of hydrogen-bond donors (Lipinski definition) is 0. The summed E-state index contributed by atoms with van der Waals surface area (Å²) >= 11 is 0. The van der Waals surface area contributed by atoms with Gasteiger partial charge in [-0.2, -0.15) is 0 Å². The molecule has 0 N–H and O–H groups in total. The van der Waals surface area contributed by atoms with Crippen molar-refractivity contribution >= 4 is 22.8 Å². The van der Waals surface area contributed by atoms with Gasteiger partial charge in [-0.05, 0) is 22.4 Å². The van der Waals surface area contributed by atoms with E-state index < -0.39 is 0 Å². The normalized spacial score (nSPS) is 10.9. The molecular formula is C15H14O2. The highest BCUT2D eigenvalue weighted by Gasteiger charge is 1.95. The number of hydrogen-bond acceptors (Lipinski definition) is 2. The zero-order valence-electron chi connectivity index (χ0n) is 9.72. The second kappa shape index (κ2) is 5.30. The maximum Gasteiger partial charge on any atom is 0.309 e.